The van der Waals surface area contributed by atoms with Gasteiger partial charge >= 0.3 is 6.18 Å². The van der Waals surface area contributed by atoms with E-state index in [-0.39, 0.29) is 11.2 Å². The Bertz CT molecular complexity index is 1410. The second kappa shape index (κ2) is 6.88. The van der Waals surface area contributed by atoms with Gasteiger partial charge in [0, 0.05) is 5.39 Å². The maximum atomic E-state index is 13.1. The second-order valence-electron chi connectivity index (χ2n) is 6.77. The van der Waals surface area contributed by atoms with Gasteiger partial charge in [-0.2, -0.15) is 13.2 Å². The molecule has 0 saturated carbocycles. The summed E-state index contributed by atoms with van der Waals surface area (Å²) >= 11 is 0. The van der Waals surface area contributed by atoms with Gasteiger partial charge in [0.25, 0.3) is 0 Å². The molecule has 2 aromatic heterocycles. The van der Waals surface area contributed by atoms with Crippen LogP contribution in [0.5, 0.6) is 0 Å². The third-order valence-corrected chi connectivity index (χ3v) is 4.70. The molecule has 5 aromatic rings. The maximum Gasteiger partial charge on any atom is 0.416 e. The number of rotatable bonds is 2. The Kier molecular flexibility index (Phi) is 4.17. The number of halogens is 3. The molecule has 148 valence electrons. The van der Waals surface area contributed by atoms with E-state index in [1.807, 2.05) is 48.5 Å². The van der Waals surface area contributed by atoms with Crippen LogP contribution in [0.15, 0.2) is 88.3 Å². The fourth-order valence-corrected chi connectivity index (χ4v) is 3.27. The zero-order valence-electron chi connectivity index (χ0n) is 15.4. The van der Waals surface area contributed by atoms with E-state index in [0.29, 0.717) is 17.0 Å². The van der Waals surface area contributed by atoms with Crippen molar-refractivity contribution in [3.63, 3.8) is 0 Å². The topological polar surface area (TPSA) is 54.2 Å². The summed E-state index contributed by atoms with van der Waals surface area (Å²) in [6.45, 7) is 0. The molecule has 0 amide bonds. The van der Waals surface area contributed by atoms with Crippen LogP contribution in [0, 0.1) is 0 Å². The molecule has 0 fully saturated rings. The van der Waals surface area contributed by atoms with Crippen molar-refractivity contribution in [3.8, 4) is 11.4 Å². The van der Waals surface area contributed by atoms with Crippen LogP contribution in [0.4, 0.5) is 18.9 Å². The van der Waals surface area contributed by atoms with Crippen molar-refractivity contribution in [2.24, 2.45) is 4.99 Å². The lowest BCUT2D eigenvalue weighted by Gasteiger charge is -2.07. The lowest BCUT2D eigenvalue weighted by Crippen LogP contribution is -2.07. The minimum absolute atomic E-state index is 0.140. The Morgan fingerprint density at radius 2 is 1.67 bits per heavy atom. The minimum Gasteiger partial charge on any atom is -0.438 e. The van der Waals surface area contributed by atoms with Crippen molar-refractivity contribution in [3.05, 3.63) is 90.0 Å². The number of nitrogens with zero attached hydrogens (tertiary/aromatic N) is 2. The first kappa shape index (κ1) is 18.2. The van der Waals surface area contributed by atoms with Crippen LogP contribution in [0.3, 0.4) is 0 Å². The van der Waals surface area contributed by atoms with Crippen LogP contribution in [0.1, 0.15) is 5.56 Å². The summed E-state index contributed by atoms with van der Waals surface area (Å²) in [5, 5.41) is 0.830. The summed E-state index contributed by atoms with van der Waals surface area (Å²) in [7, 11) is 0. The highest BCUT2D eigenvalue weighted by molar-refractivity contribution is 5.83. The summed E-state index contributed by atoms with van der Waals surface area (Å²) in [6, 6.07) is 21.6. The van der Waals surface area contributed by atoms with Crippen molar-refractivity contribution >= 4 is 27.7 Å². The Morgan fingerprint density at radius 3 is 2.50 bits per heavy atom. The maximum absolute atomic E-state index is 13.1. The molecule has 0 radical (unpaired) electrons. The van der Waals surface area contributed by atoms with E-state index in [2.05, 4.69) is 15.0 Å². The Morgan fingerprint density at radius 1 is 0.867 bits per heavy atom. The fourth-order valence-electron chi connectivity index (χ4n) is 3.27. The van der Waals surface area contributed by atoms with Crippen molar-refractivity contribution in [2.45, 2.75) is 6.18 Å². The third kappa shape index (κ3) is 3.34. The Hall–Kier alpha value is -3.87. The molecule has 2 heterocycles. The summed E-state index contributed by atoms with van der Waals surface area (Å²) in [5.41, 5.74) is 2.28. The number of aromatic nitrogens is 2. The van der Waals surface area contributed by atoms with Gasteiger partial charge < -0.3 is 9.40 Å². The van der Waals surface area contributed by atoms with Crippen LogP contribution in [0.25, 0.3) is 33.4 Å². The zero-order valence-corrected chi connectivity index (χ0v) is 15.4. The van der Waals surface area contributed by atoms with E-state index >= 15 is 0 Å². The first-order valence-electron chi connectivity index (χ1n) is 9.17. The quantitative estimate of drug-likeness (QED) is 0.379. The van der Waals surface area contributed by atoms with Crippen LogP contribution in [-0.4, -0.2) is 9.97 Å². The highest BCUT2D eigenvalue weighted by Crippen LogP contribution is 2.31. The van der Waals surface area contributed by atoms with Gasteiger partial charge in [-0.15, -0.1) is 0 Å². The molecular weight excluding hydrogens is 391 g/mol. The highest BCUT2D eigenvalue weighted by atomic mass is 19.4. The molecule has 0 aliphatic rings. The molecule has 7 heteroatoms. The third-order valence-electron chi connectivity index (χ3n) is 4.70. The molecular formula is C23H14F3N3O. The van der Waals surface area contributed by atoms with Crippen molar-refractivity contribution in [1.82, 2.24) is 9.97 Å². The monoisotopic (exact) mass is 405 g/mol. The second-order valence-corrected chi connectivity index (χ2v) is 6.77. The van der Waals surface area contributed by atoms with Gasteiger partial charge in [0.15, 0.2) is 0 Å². The number of alkyl halides is 3. The molecule has 0 unspecified atom stereocenters. The van der Waals surface area contributed by atoms with Crippen LogP contribution in [-0.2, 0) is 6.18 Å². The normalized spacial score (nSPS) is 12.7. The lowest BCUT2D eigenvalue weighted by atomic mass is 10.1. The van der Waals surface area contributed by atoms with E-state index in [1.54, 1.807) is 6.07 Å². The van der Waals surface area contributed by atoms with E-state index < -0.39 is 11.7 Å². The number of fused-ring (bicyclic) bond motifs is 2. The minimum atomic E-state index is -4.45. The molecule has 0 aliphatic heterocycles. The van der Waals surface area contributed by atoms with Crippen LogP contribution in [0.2, 0.25) is 0 Å². The van der Waals surface area contributed by atoms with E-state index in [4.69, 9.17) is 4.42 Å². The summed E-state index contributed by atoms with van der Waals surface area (Å²) < 4.78 is 45.3. The standard InChI is InChI=1S/C23H14F3N3O/c24-23(25,26)15-7-5-8-16(13-15)27-22-17(12-14-6-1-4-11-20(14)30-22)21-28-18-9-2-3-10-19(18)29-21/h1-13H,(H,28,29). The van der Waals surface area contributed by atoms with Crippen molar-refractivity contribution < 1.29 is 17.6 Å². The summed E-state index contributed by atoms with van der Waals surface area (Å²) in [6.07, 6.45) is -4.45. The SMILES string of the molecule is FC(F)(F)c1cccc(N=c2oc3ccccc3cc2-c2nc3ccccc3[nH]2)c1. The lowest BCUT2D eigenvalue weighted by molar-refractivity contribution is -0.137. The predicted molar refractivity (Wildman–Crippen MR) is 108 cm³/mol. The number of hydrogen-bond acceptors (Lipinski definition) is 3. The molecule has 5 rings (SSSR count). The predicted octanol–water partition coefficient (Wildman–Crippen LogP) is 6.23. The number of para-hydroxylation sites is 3. The molecule has 0 bridgehead atoms. The summed E-state index contributed by atoms with van der Waals surface area (Å²) in [5.74, 6) is 0.524. The number of imidazole rings is 1. The van der Waals surface area contributed by atoms with Crippen LogP contribution >= 0.6 is 0 Å². The molecule has 1 N–H and O–H groups in total. The molecule has 0 saturated heterocycles. The van der Waals surface area contributed by atoms with Gasteiger partial charge in [-0.05, 0) is 42.5 Å². The van der Waals surface area contributed by atoms with E-state index in [1.165, 1.54) is 12.1 Å². The molecule has 0 aliphatic carbocycles. The smallest absolute Gasteiger partial charge is 0.416 e. The fraction of sp³-hybridized carbons (Fsp3) is 0.0435. The molecule has 30 heavy (non-hydrogen) atoms. The van der Waals surface area contributed by atoms with Gasteiger partial charge in [0.05, 0.1) is 27.8 Å². The van der Waals surface area contributed by atoms with Crippen molar-refractivity contribution in [1.29, 1.82) is 0 Å². The number of hydrogen-bond donors (Lipinski definition) is 1. The van der Waals surface area contributed by atoms with Gasteiger partial charge in [0.1, 0.15) is 11.4 Å². The number of H-pyrrole nitrogens is 1. The number of aromatic amines is 1. The molecule has 4 nitrogen and oxygen atoms in total. The first-order chi connectivity index (χ1) is 14.5. The van der Waals surface area contributed by atoms with E-state index in [9.17, 15) is 13.2 Å². The van der Waals surface area contributed by atoms with Gasteiger partial charge in [-0.25, -0.2) is 9.98 Å². The largest absolute Gasteiger partial charge is 0.438 e. The summed E-state index contributed by atoms with van der Waals surface area (Å²) in [4.78, 5) is 12.2. The van der Waals surface area contributed by atoms with Gasteiger partial charge in [-0.3, -0.25) is 0 Å². The van der Waals surface area contributed by atoms with Crippen LogP contribution < -0.4 is 5.55 Å². The number of benzene rings is 3. The molecule has 0 atom stereocenters. The van der Waals surface area contributed by atoms with Gasteiger partial charge in [0.2, 0.25) is 5.55 Å². The Labute approximate surface area is 168 Å². The van der Waals surface area contributed by atoms with E-state index in [0.717, 1.165) is 28.6 Å². The molecule has 0 spiro atoms. The van der Waals surface area contributed by atoms with Crippen molar-refractivity contribution in [2.75, 3.05) is 0 Å². The first-order valence-corrected chi connectivity index (χ1v) is 9.17. The zero-order chi connectivity index (χ0) is 20.7. The van der Waals surface area contributed by atoms with Gasteiger partial charge in [-0.1, -0.05) is 36.4 Å². The average Bonchev–Trinajstić information content (AvgIpc) is 3.17. The Balaban J connectivity index is 1.76. The highest BCUT2D eigenvalue weighted by Gasteiger charge is 2.30. The number of nitrogens with one attached hydrogen (secondary N) is 1. The average molecular weight is 405 g/mol. The molecule has 3 aromatic carbocycles.